The summed E-state index contributed by atoms with van der Waals surface area (Å²) in [5.41, 5.74) is -18.0. The van der Waals surface area contributed by atoms with E-state index >= 15 is 0 Å². The van der Waals surface area contributed by atoms with E-state index < -0.39 is 110 Å². The Balaban J connectivity index is 1.57. The summed E-state index contributed by atoms with van der Waals surface area (Å²) >= 11 is 0. The first kappa shape index (κ1) is 52.2. The number of esters is 2. The molecule has 0 fully saturated rings. The van der Waals surface area contributed by atoms with E-state index in [9.17, 15) is 67.4 Å². The minimum absolute atomic E-state index is 0.0464. The summed E-state index contributed by atoms with van der Waals surface area (Å²) in [6.45, 7) is 12.1. The monoisotopic (exact) mass is 938 g/mol. The first-order valence-electron chi connectivity index (χ1n) is 19.7. The number of phenolic OH excluding ortho intramolecular Hbond substituents is 1. The Hall–Kier alpha value is -5.46. The Morgan fingerprint density at radius 3 is 1.12 bits per heavy atom. The fraction of sp³-hybridized carbons (Fsp3) is 0.435. The number of benzene rings is 4. The highest BCUT2D eigenvalue weighted by Gasteiger charge is 2.73. The van der Waals surface area contributed by atoms with Crippen LogP contribution < -0.4 is 14.2 Å². The van der Waals surface area contributed by atoms with Crippen LogP contribution in [0.4, 0.5) is 52.7 Å². The van der Waals surface area contributed by atoms with Crippen molar-refractivity contribution in [1.82, 2.24) is 0 Å². The fourth-order valence-corrected chi connectivity index (χ4v) is 7.58. The minimum atomic E-state index is -5.94. The summed E-state index contributed by atoms with van der Waals surface area (Å²) in [6, 6.07) is 10.4. The van der Waals surface area contributed by atoms with Gasteiger partial charge in [-0.3, -0.25) is 9.59 Å². The molecule has 4 aromatic rings. The number of hydrogen-bond acceptors (Lipinski definition) is 7. The van der Waals surface area contributed by atoms with Crippen molar-refractivity contribution in [2.75, 3.05) is 0 Å². The second-order valence-electron chi connectivity index (χ2n) is 17.3. The molecule has 0 spiro atoms. The van der Waals surface area contributed by atoms with Gasteiger partial charge in [0.2, 0.25) is 10.8 Å². The van der Waals surface area contributed by atoms with E-state index in [4.69, 9.17) is 18.9 Å². The number of rotatable bonds is 14. The van der Waals surface area contributed by atoms with E-state index in [1.807, 2.05) is 0 Å². The predicted molar refractivity (Wildman–Crippen MR) is 212 cm³/mol. The second kappa shape index (κ2) is 18.1. The number of halogens is 12. The summed E-state index contributed by atoms with van der Waals surface area (Å²) in [4.78, 5) is 27.0. The van der Waals surface area contributed by atoms with Gasteiger partial charge in [0, 0.05) is 0 Å². The Kier molecular flexibility index (Phi) is 14.5. The molecule has 7 nitrogen and oxygen atoms in total. The maximum absolute atomic E-state index is 14.8. The van der Waals surface area contributed by atoms with Crippen molar-refractivity contribution in [2.45, 2.75) is 116 Å². The highest BCUT2D eigenvalue weighted by atomic mass is 19.4. The number of aromatic hydroxyl groups is 1. The van der Waals surface area contributed by atoms with Crippen LogP contribution in [-0.4, -0.2) is 53.6 Å². The van der Waals surface area contributed by atoms with E-state index in [1.54, 1.807) is 20.8 Å². The van der Waals surface area contributed by atoms with Gasteiger partial charge in [0.1, 0.15) is 23.0 Å². The molecule has 0 radical (unpaired) electrons. The SMILES string of the molecule is CCC(C)(CC(C)(C)C(=O)Oc1ccc(C(c2ccc(OC(C)OC(C)(C)C)cc2)(C(F)(F)F)C(F)(F)F)cc1)C(=O)Oc1ccc(C(c2ccc(O)cc2)(C(F)(F)F)C(F)(F)F)cc1. The van der Waals surface area contributed by atoms with Crippen molar-refractivity contribution >= 4 is 11.9 Å². The third-order valence-corrected chi connectivity index (χ3v) is 10.8. The molecule has 0 amide bonds. The number of alkyl halides is 12. The Morgan fingerprint density at radius 2 is 0.815 bits per heavy atom. The van der Waals surface area contributed by atoms with E-state index in [2.05, 4.69) is 0 Å². The highest BCUT2D eigenvalue weighted by Crippen LogP contribution is 2.58. The first-order chi connectivity index (χ1) is 29.6. The zero-order chi connectivity index (χ0) is 49.4. The third kappa shape index (κ3) is 10.7. The van der Waals surface area contributed by atoms with Crippen LogP contribution in [0.25, 0.3) is 0 Å². The first-order valence-corrected chi connectivity index (χ1v) is 19.7. The second-order valence-corrected chi connectivity index (χ2v) is 17.3. The van der Waals surface area contributed by atoms with Gasteiger partial charge in [0.05, 0.1) is 16.4 Å². The Labute approximate surface area is 366 Å². The van der Waals surface area contributed by atoms with E-state index in [0.29, 0.717) is 60.7 Å². The molecule has 0 bridgehead atoms. The molecule has 0 aliphatic rings. The van der Waals surface area contributed by atoms with E-state index in [0.717, 1.165) is 36.4 Å². The zero-order valence-electron chi connectivity index (χ0n) is 36.2. The highest BCUT2D eigenvalue weighted by molar-refractivity contribution is 5.82. The molecule has 0 saturated carbocycles. The summed E-state index contributed by atoms with van der Waals surface area (Å²) in [6.07, 6.45) is -25.1. The summed E-state index contributed by atoms with van der Waals surface area (Å²) in [5.74, 6) is -3.70. The van der Waals surface area contributed by atoms with Crippen molar-refractivity contribution in [2.24, 2.45) is 10.8 Å². The maximum Gasteiger partial charge on any atom is 0.411 e. The molecule has 65 heavy (non-hydrogen) atoms. The number of hydrogen-bond donors (Lipinski definition) is 1. The topological polar surface area (TPSA) is 91.3 Å². The van der Waals surface area contributed by atoms with Gasteiger partial charge in [-0.1, -0.05) is 55.5 Å². The molecule has 4 rings (SSSR count). The quantitative estimate of drug-likeness (QED) is 0.0583. The van der Waals surface area contributed by atoms with Crippen LogP contribution in [0.5, 0.6) is 23.0 Å². The number of phenols is 1. The van der Waals surface area contributed by atoms with Gasteiger partial charge < -0.3 is 24.1 Å². The lowest BCUT2D eigenvalue weighted by Gasteiger charge is -2.38. The normalized spacial score (nSPS) is 14.9. The average molecular weight is 939 g/mol. The predicted octanol–water partition coefficient (Wildman–Crippen LogP) is 13.1. The molecule has 4 aromatic carbocycles. The van der Waals surface area contributed by atoms with Gasteiger partial charge >= 0.3 is 36.6 Å². The van der Waals surface area contributed by atoms with Crippen molar-refractivity contribution < 1.29 is 86.3 Å². The van der Waals surface area contributed by atoms with Crippen LogP contribution in [0.3, 0.4) is 0 Å². The molecular formula is C46H46F12O7. The Morgan fingerprint density at radius 1 is 0.508 bits per heavy atom. The number of carbonyl (C=O) groups is 2. The molecule has 0 aliphatic carbocycles. The fourth-order valence-electron chi connectivity index (χ4n) is 7.58. The van der Waals surface area contributed by atoms with Crippen molar-refractivity contribution in [3.8, 4) is 23.0 Å². The molecule has 1 N–H and O–H groups in total. The molecule has 356 valence electrons. The standard InChI is InChI=1S/C46H46F12O7/c1-9-40(8,37(61)64-35-24-16-30(17-25-35)41(43(47,48)49,44(50,51)52)28-10-18-32(59)19-11-28)26-39(6,7)36(60)63-34-22-14-31(15-23-34)42(45(53,54)55,46(56,57)58)29-12-20-33(21-13-29)62-27(2)65-38(3,4)5/h10-25,27,59H,9,26H2,1-8H3. The van der Waals surface area contributed by atoms with Crippen LogP contribution in [0.2, 0.25) is 0 Å². The number of ether oxygens (including phenoxy) is 4. The van der Waals surface area contributed by atoms with Gasteiger partial charge in [-0.05, 0) is 132 Å². The number of carbonyl (C=O) groups excluding carboxylic acids is 2. The lowest BCUT2D eigenvalue weighted by atomic mass is 9.72. The third-order valence-electron chi connectivity index (χ3n) is 10.8. The van der Waals surface area contributed by atoms with E-state index in [-0.39, 0.29) is 18.6 Å². The minimum Gasteiger partial charge on any atom is -0.508 e. The van der Waals surface area contributed by atoms with Gasteiger partial charge in [-0.15, -0.1) is 0 Å². The molecule has 2 atom stereocenters. The van der Waals surface area contributed by atoms with Crippen LogP contribution in [0.15, 0.2) is 97.1 Å². The van der Waals surface area contributed by atoms with Gasteiger partial charge in [-0.2, -0.15) is 52.7 Å². The van der Waals surface area contributed by atoms with Crippen molar-refractivity contribution in [3.63, 3.8) is 0 Å². The van der Waals surface area contributed by atoms with Crippen LogP contribution in [-0.2, 0) is 25.2 Å². The summed E-state index contributed by atoms with van der Waals surface area (Å²) < 4.78 is 198. The van der Waals surface area contributed by atoms with Crippen molar-refractivity contribution in [3.05, 3.63) is 119 Å². The van der Waals surface area contributed by atoms with Gasteiger partial charge in [-0.25, -0.2) is 0 Å². The lowest BCUT2D eigenvalue weighted by Crippen LogP contribution is -2.54. The molecule has 0 aromatic heterocycles. The van der Waals surface area contributed by atoms with E-state index in [1.165, 1.54) is 34.6 Å². The molecule has 0 saturated heterocycles. The van der Waals surface area contributed by atoms with Crippen LogP contribution in [0, 0.1) is 10.8 Å². The molecule has 0 aliphatic heterocycles. The van der Waals surface area contributed by atoms with Gasteiger partial charge in [0.25, 0.3) is 0 Å². The molecular weight excluding hydrogens is 892 g/mol. The lowest BCUT2D eigenvalue weighted by molar-refractivity contribution is -0.290. The van der Waals surface area contributed by atoms with Crippen molar-refractivity contribution in [1.29, 1.82) is 0 Å². The zero-order valence-corrected chi connectivity index (χ0v) is 36.2. The average Bonchev–Trinajstić information content (AvgIpc) is 3.14. The smallest absolute Gasteiger partial charge is 0.411 e. The maximum atomic E-state index is 14.8. The molecule has 19 heteroatoms. The summed E-state index contributed by atoms with van der Waals surface area (Å²) in [5, 5.41) is 9.52. The largest absolute Gasteiger partial charge is 0.508 e. The Bertz CT molecular complexity index is 2230. The van der Waals surface area contributed by atoms with Crippen LogP contribution >= 0.6 is 0 Å². The van der Waals surface area contributed by atoms with Gasteiger partial charge in [0.15, 0.2) is 6.29 Å². The summed E-state index contributed by atoms with van der Waals surface area (Å²) in [7, 11) is 0. The van der Waals surface area contributed by atoms with Crippen LogP contribution in [0.1, 0.15) is 90.5 Å². The molecule has 0 heterocycles. The molecule has 2 unspecified atom stereocenters.